The van der Waals surface area contributed by atoms with Gasteiger partial charge in [-0.15, -0.1) is 0 Å². The Morgan fingerprint density at radius 3 is 2.54 bits per heavy atom. The zero-order chi connectivity index (χ0) is 19.9. The molecular weight excluding hydrogens is 380 g/mol. The number of aromatic nitrogens is 2. The molecule has 144 valence electrons. The molecular formula is C20H19ClN4O3. The molecule has 0 radical (unpaired) electrons. The van der Waals surface area contributed by atoms with Crippen LogP contribution in [0, 0.1) is 0 Å². The standard InChI is InChI=1S/C20H19ClN4O3/c1-27-17-6-4-3-5-13(17)10-23-19-12-22-16(11-24-19)20(26)25-15-9-14(21)7-8-18(15)28-2/h3-9,11-12H,10H2,1-2H3,(H,23,24)(H,25,26). The number of para-hydroxylation sites is 1. The molecule has 1 amide bonds. The molecule has 0 aliphatic carbocycles. The lowest BCUT2D eigenvalue weighted by Crippen LogP contribution is -2.15. The van der Waals surface area contributed by atoms with E-state index in [4.69, 9.17) is 21.1 Å². The van der Waals surface area contributed by atoms with Gasteiger partial charge in [0.05, 0.1) is 32.3 Å². The zero-order valence-electron chi connectivity index (χ0n) is 15.4. The van der Waals surface area contributed by atoms with E-state index in [1.54, 1.807) is 25.3 Å². The Balaban J connectivity index is 1.65. The predicted octanol–water partition coefficient (Wildman–Crippen LogP) is 4.01. The summed E-state index contributed by atoms with van der Waals surface area (Å²) in [4.78, 5) is 20.8. The third-order valence-corrected chi connectivity index (χ3v) is 4.18. The number of benzene rings is 2. The Labute approximate surface area is 167 Å². The molecule has 0 spiro atoms. The highest BCUT2D eigenvalue weighted by Gasteiger charge is 2.12. The molecule has 0 saturated heterocycles. The first kappa shape index (κ1) is 19.4. The van der Waals surface area contributed by atoms with Crippen molar-refractivity contribution in [2.75, 3.05) is 24.9 Å². The number of methoxy groups -OCH3 is 2. The first-order chi connectivity index (χ1) is 13.6. The fourth-order valence-corrected chi connectivity index (χ4v) is 2.71. The van der Waals surface area contributed by atoms with Gasteiger partial charge in [-0.2, -0.15) is 0 Å². The maximum Gasteiger partial charge on any atom is 0.275 e. The van der Waals surface area contributed by atoms with Crippen molar-refractivity contribution in [1.82, 2.24) is 9.97 Å². The second kappa shape index (κ2) is 9.05. The Morgan fingerprint density at radius 1 is 1.04 bits per heavy atom. The predicted molar refractivity (Wildman–Crippen MR) is 108 cm³/mol. The van der Waals surface area contributed by atoms with Crippen molar-refractivity contribution < 1.29 is 14.3 Å². The molecule has 1 heterocycles. The summed E-state index contributed by atoms with van der Waals surface area (Å²) in [7, 11) is 3.14. The van der Waals surface area contributed by atoms with Crippen molar-refractivity contribution in [2.24, 2.45) is 0 Å². The second-order valence-electron chi connectivity index (χ2n) is 5.75. The van der Waals surface area contributed by atoms with E-state index in [-0.39, 0.29) is 5.69 Å². The molecule has 1 aromatic heterocycles. The maximum atomic E-state index is 12.4. The molecule has 28 heavy (non-hydrogen) atoms. The van der Waals surface area contributed by atoms with Gasteiger partial charge in [0.2, 0.25) is 0 Å². The van der Waals surface area contributed by atoms with Crippen LogP contribution in [0.2, 0.25) is 5.02 Å². The summed E-state index contributed by atoms with van der Waals surface area (Å²) in [5.74, 6) is 1.42. The summed E-state index contributed by atoms with van der Waals surface area (Å²) in [6.07, 6.45) is 2.90. The Morgan fingerprint density at radius 2 is 1.82 bits per heavy atom. The zero-order valence-corrected chi connectivity index (χ0v) is 16.2. The van der Waals surface area contributed by atoms with Crippen LogP contribution in [-0.2, 0) is 6.54 Å². The molecule has 2 N–H and O–H groups in total. The van der Waals surface area contributed by atoms with Crippen molar-refractivity contribution in [3.05, 3.63) is 71.1 Å². The number of nitrogens with one attached hydrogen (secondary N) is 2. The Bertz CT molecular complexity index is 964. The molecule has 7 nitrogen and oxygen atoms in total. The van der Waals surface area contributed by atoms with Gasteiger partial charge in [-0.25, -0.2) is 9.97 Å². The van der Waals surface area contributed by atoms with Crippen LogP contribution < -0.4 is 20.1 Å². The highest BCUT2D eigenvalue weighted by atomic mass is 35.5. The minimum absolute atomic E-state index is 0.171. The molecule has 0 aliphatic heterocycles. The summed E-state index contributed by atoms with van der Waals surface area (Å²) in [6, 6.07) is 12.6. The molecule has 0 unspecified atom stereocenters. The normalized spacial score (nSPS) is 10.2. The van der Waals surface area contributed by atoms with Crippen LogP contribution in [0.5, 0.6) is 11.5 Å². The second-order valence-corrected chi connectivity index (χ2v) is 6.19. The minimum atomic E-state index is -0.413. The van der Waals surface area contributed by atoms with Crippen LogP contribution in [0.4, 0.5) is 11.5 Å². The first-order valence-corrected chi connectivity index (χ1v) is 8.81. The monoisotopic (exact) mass is 398 g/mol. The number of hydrogen-bond acceptors (Lipinski definition) is 6. The topological polar surface area (TPSA) is 85.4 Å². The van der Waals surface area contributed by atoms with Gasteiger partial charge in [0.25, 0.3) is 5.91 Å². The van der Waals surface area contributed by atoms with Crippen molar-refractivity contribution in [3.63, 3.8) is 0 Å². The average molecular weight is 399 g/mol. The van der Waals surface area contributed by atoms with Crippen LogP contribution in [-0.4, -0.2) is 30.1 Å². The number of anilines is 2. The number of ether oxygens (including phenoxy) is 2. The SMILES string of the molecule is COc1ccccc1CNc1cnc(C(=O)Nc2cc(Cl)ccc2OC)cn1. The molecule has 0 bridgehead atoms. The van der Waals surface area contributed by atoms with Crippen molar-refractivity contribution in [2.45, 2.75) is 6.54 Å². The third kappa shape index (κ3) is 4.69. The third-order valence-electron chi connectivity index (χ3n) is 3.95. The van der Waals surface area contributed by atoms with Crippen LogP contribution in [0.25, 0.3) is 0 Å². The van der Waals surface area contributed by atoms with E-state index in [1.807, 2.05) is 24.3 Å². The van der Waals surface area contributed by atoms with Crippen LogP contribution in [0.1, 0.15) is 16.1 Å². The van der Waals surface area contributed by atoms with E-state index >= 15 is 0 Å². The van der Waals surface area contributed by atoms with E-state index in [0.717, 1.165) is 11.3 Å². The summed E-state index contributed by atoms with van der Waals surface area (Å²) in [5, 5.41) is 6.36. The molecule has 0 saturated carbocycles. The number of amides is 1. The summed E-state index contributed by atoms with van der Waals surface area (Å²) in [5.41, 5.74) is 1.62. The number of hydrogen-bond donors (Lipinski definition) is 2. The minimum Gasteiger partial charge on any atom is -0.496 e. The van der Waals surface area contributed by atoms with Gasteiger partial charge in [-0.05, 0) is 24.3 Å². The molecule has 0 aliphatic rings. The summed E-state index contributed by atoms with van der Waals surface area (Å²) < 4.78 is 10.5. The van der Waals surface area contributed by atoms with Gasteiger partial charge in [0, 0.05) is 17.1 Å². The van der Waals surface area contributed by atoms with Crippen LogP contribution in [0.15, 0.2) is 54.9 Å². The molecule has 3 rings (SSSR count). The van der Waals surface area contributed by atoms with Gasteiger partial charge < -0.3 is 20.1 Å². The van der Waals surface area contributed by atoms with Gasteiger partial charge in [-0.3, -0.25) is 4.79 Å². The quantitative estimate of drug-likeness (QED) is 0.625. The highest BCUT2D eigenvalue weighted by molar-refractivity contribution is 6.31. The van der Waals surface area contributed by atoms with E-state index in [0.29, 0.717) is 28.8 Å². The Hall–Kier alpha value is -3.32. The number of carbonyl (C=O) groups is 1. The number of halogens is 1. The fourth-order valence-electron chi connectivity index (χ4n) is 2.54. The van der Waals surface area contributed by atoms with Crippen LogP contribution in [0.3, 0.4) is 0 Å². The van der Waals surface area contributed by atoms with E-state index in [2.05, 4.69) is 20.6 Å². The first-order valence-electron chi connectivity index (χ1n) is 8.43. The van der Waals surface area contributed by atoms with Gasteiger partial charge in [0.1, 0.15) is 23.0 Å². The molecule has 0 atom stereocenters. The lowest BCUT2D eigenvalue weighted by atomic mass is 10.2. The molecule has 2 aromatic carbocycles. The average Bonchev–Trinajstić information content (AvgIpc) is 2.73. The summed E-state index contributed by atoms with van der Waals surface area (Å²) in [6.45, 7) is 0.518. The Kier molecular flexibility index (Phi) is 6.29. The maximum absolute atomic E-state index is 12.4. The molecule has 3 aromatic rings. The van der Waals surface area contributed by atoms with Crippen molar-refractivity contribution >= 4 is 29.0 Å². The van der Waals surface area contributed by atoms with Gasteiger partial charge in [0.15, 0.2) is 0 Å². The van der Waals surface area contributed by atoms with Gasteiger partial charge in [-0.1, -0.05) is 29.8 Å². The lowest BCUT2D eigenvalue weighted by molar-refractivity contribution is 0.102. The lowest BCUT2D eigenvalue weighted by Gasteiger charge is -2.11. The van der Waals surface area contributed by atoms with Crippen LogP contribution >= 0.6 is 11.6 Å². The van der Waals surface area contributed by atoms with E-state index < -0.39 is 5.91 Å². The fraction of sp³-hybridized carbons (Fsp3) is 0.150. The van der Waals surface area contributed by atoms with Gasteiger partial charge >= 0.3 is 0 Å². The van der Waals surface area contributed by atoms with Crippen molar-refractivity contribution in [1.29, 1.82) is 0 Å². The summed E-state index contributed by atoms with van der Waals surface area (Å²) >= 11 is 5.98. The number of nitrogens with zero attached hydrogens (tertiary/aromatic N) is 2. The smallest absolute Gasteiger partial charge is 0.275 e. The molecule has 0 fully saturated rings. The largest absolute Gasteiger partial charge is 0.496 e. The van der Waals surface area contributed by atoms with Crippen molar-refractivity contribution in [3.8, 4) is 11.5 Å². The van der Waals surface area contributed by atoms with E-state index in [1.165, 1.54) is 19.5 Å². The number of carbonyl (C=O) groups excluding carboxylic acids is 1. The molecule has 8 heteroatoms. The number of rotatable bonds is 7. The highest BCUT2D eigenvalue weighted by Crippen LogP contribution is 2.28. The van der Waals surface area contributed by atoms with E-state index in [9.17, 15) is 4.79 Å².